The summed E-state index contributed by atoms with van der Waals surface area (Å²) < 4.78 is 22.2. The smallest absolute Gasteiger partial charge is 0.242 e. The molecule has 19 heavy (non-hydrogen) atoms. The van der Waals surface area contributed by atoms with Crippen LogP contribution in [0.2, 0.25) is 0 Å². The minimum absolute atomic E-state index is 0.0427. The van der Waals surface area contributed by atoms with E-state index in [2.05, 4.69) is 10.6 Å². The molecule has 0 saturated heterocycles. The number of sulfonamides is 1. The topological polar surface area (TPSA) is 101 Å². The van der Waals surface area contributed by atoms with Gasteiger partial charge in [-0.15, -0.1) is 0 Å². The summed E-state index contributed by atoms with van der Waals surface area (Å²) in [6, 6.07) is 5.54. The second kappa shape index (κ2) is 6.53. The average molecular weight is 285 g/mol. The van der Waals surface area contributed by atoms with Crippen LogP contribution in [0.25, 0.3) is 0 Å². The summed E-state index contributed by atoms with van der Waals surface area (Å²) in [6.07, 6.45) is 0.877. The van der Waals surface area contributed by atoms with Crippen LogP contribution in [0.3, 0.4) is 0 Å². The van der Waals surface area contributed by atoms with Gasteiger partial charge < -0.3 is 10.6 Å². The molecule has 0 radical (unpaired) electrons. The van der Waals surface area contributed by atoms with Crippen LogP contribution < -0.4 is 15.8 Å². The van der Waals surface area contributed by atoms with Crippen LogP contribution in [-0.2, 0) is 14.8 Å². The van der Waals surface area contributed by atoms with Gasteiger partial charge in [-0.2, -0.15) is 0 Å². The Kier molecular flexibility index (Phi) is 5.31. The van der Waals surface area contributed by atoms with Crippen molar-refractivity contribution in [2.45, 2.75) is 31.2 Å². The normalized spacial score (nSPS) is 12.8. The second-order valence-corrected chi connectivity index (χ2v) is 5.79. The quantitative estimate of drug-likeness (QED) is 0.714. The van der Waals surface area contributed by atoms with Gasteiger partial charge in [0.25, 0.3) is 0 Å². The number of carbonyl (C=O) groups is 1. The van der Waals surface area contributed by atoms with Crippen molar-refractivity contribution in [2.75, 3.05) is 11.9 Å². The van der Waals surface area contributed by atoms with Crippen molar-refractivity contribution in [3.05, 3.63) is 24.3 Å². The number of benzene rings is 1. The molecule has 4 N–H and O–H groups in total. The molecule has 0 heterocycles. The summed E-state index contributed by atoms with van der Waals surface area (Å²) in [6.45, 7) is 4.35. The summed E-state index contributed by atoms with van der Waals surface area (Å²) in [5.74, 6) is -0.0997. The van der Waals surface area contributed by atoms with Gasteiger partial charge in [0, 0.05) is 12.2 Å². The molecule has 1 unspecified atom stereocenters. The van der Waals surface area contributed by atoms with Crippen LogP contribution in [0.15, 0.2) is 29.2 Å². The molecule has 1 rings (SSSR count). The van der Waals surface area contributed by atoms with Gasteiger partial charge in [-0.3, -0.25) is 4.79 Å². The molecule has 0 aliphatic carbocycles. The van der Waals surface area contributed by atoms with Gasteiger partial charge in [0.1, 0.15) is 6.04 Å². The Bertz CT molecular complexity index is 526. The number of nitrogens with one attached hydrogen (secondary N) is 2. The van der Waals surface area contributed by atoms with Crippen LogP contribution in [0, 0.1) is 0 Å². The highest BCUT2D eigenvalue weighted by Gasteiger charge is 2.12. The van der Waals surface area contributed by atoms with E-state index in [9.17, 15) is 13.2 Å². The molecular formula is C12H19N3O3S. The first-order valence-electron chi connectivity index (χ1n) is 6.01. The number of rotatable bonds is 6. The lowest BCUT2D eigenvalue weighted by Gasteiger charge is -2.15. The van der Waals surface area contributed by atoms with E-state index < -0.39 is 16.1 Å². The van der Waals surface area contributed by atoms with E-state index in [-0.39, 0.29) is 10.8 Å². The molecule has 0 saturated carbocycles. The Hall–Kier alpha value is -1.60. The molecule has 0 bridgehead atoms. The Morgan fingerprint density at radius 1 is 1.32 bits per heavy atom. The van der Waals surface area contributed by atoms with E-state index in [1.54, 1.807) is 19.1 Å². The fourth-order valence-corrected chi connectivity index (χ4v) is 1.97. The summed E-state index contributed by atoms with van der Waals surface area (Å²) in [4.78, 5) is 11.7. The van der Waals surface area contributed by atoms with Crippen LogP contribution in [0.4, 0.5) is 5.69 Å². The number of anilines is 1. The minimum Gasteiger partial charge on any atom is -0.374 e. The largest absolute Gasteiger partial charge is 0.374 e. The highest BCUT2D eigenvalue weighted by atomic mass is 32.2. The predicted molar refractivity (Wildman–Crippen MR) is 74.2 cm³/mol. The van der Waals surface area contributed by atoms with Crippen molar-refractivity contribution in [1.82, 2.24) is 5.32 Å². The van der Waals surface area contributed by atoms with Crippen molar-refractivity contribution >= 4 is 21.6 Å². The van der Waals surface area contributed by atoms with E-state index in [1.807, 2.05) is 6.92 Å². The Labute approximate surface area is 113 Å². The lowest BCUT2D eigenvalue weighted by Crippen LogP contribution is -2.37. The maximum atomic E-state index is 11.6. The van der Waals surface area contributed by atoms with Gasteiger partial charge in [0.05, 0.1) is 4.90 Å². The van der Waals surface area contributed by atoms with E-state index in [1.165, 1.54) is 12.1 Å². The fraction of sp³-hybridized carbons (Fsp3) is 0.417. The van der Waals surface area contributed by atoms with Gasteiger partial charge in [-0.25, -0.2) is 13.6 Å². The maximum Gasteiger partial charge on any atom is 0.242 e. The first kappa shape index (κ1) is 15.5. The first-order valence-corrected chi connectivity index (χ1v) is 7.56. The van der Waals surface area contributed by atoms with Crippen LogP contribution in [-0.4, -0.2) is 26.9 Å². The van der Waals surface area contributed by atoms with E-state index in [0.29, 0.717) is 12.2 Å². The molecule has 0 fully saturated rings. The third-order valence-electron chi connectivity index (χ3n) is 2.51. The molecular weight excluding hydrogens is 266 g/mol. The van der Waals surface area contributed by atoms with Gasteiger partial charge in [-0.05, 0) is 37.6 Å². The van der Waals surface area contributed by atoms with E-state index in [0.717, 1.165) is 6.42 Å². The molecule has 1 aromatic rings. The standard InChI is InChI=1S/C12H19N3O3S/c1-3-8-14-12(16)9(2)15-10-4-6-11(7-5-10)19(13,17)18/h4-7,9,15H,3,8H2,1-2H3,(H,14,16)(H2,13,17,18). The monoisotopic (exact) mass is 285 g/mol. The minimum atomic E-state index is -3.68. The van der Waals surface area contributed by atoms with Gasteiger partial charge in [0.15, 0.2) is 0 Å². The van der Waals surface area contributed by atoms with Gasteiger partial charge >= 0.3 is 0 Å². The summed E-state index contributed by atoms with van der Waals surface area (Å²) >= 11 is 0. The predicted octanol–water partition coefficient (Wildman–Crippen LogP) is 0.661. The van der Waals surface area contributed by atoms with Crippen molar-refractivity contribution in [2.24, 2.45) is 5.14 Å². The Morgan fingerprint density at radius 3 is 2.37 bits per heavy atom. The Morgan fingerprint density at radius 2 is 1.89 bits per heavy atom. The van der Waals surface area contributed by atoms with E-state index in [4.69, 9.17) is 5.14 Å². The van der Waals surface area contributed by atoms with Gasteiger partial charge in [0.2, 0.25) is 15.9 Å². The number of hydrogen-bond acceptors (Lipinski definition) is 4. The number of amides is 1. The molecule has 1 atom stereocenters. The Balaban J connectivity index is 2.65. The molecule has 7 heteroatoms. The van der Waals surface area contributed by atoms with Gasteiger partial charge in [-0.1, -0.05) is 6.92 Å². The molecule has 106 valence electrons. The van der Waals surface area contributed by atoms with Crippen molar-refractivity contribution in [3.63, 3.8) is 0 Å². The van der Waals surface area contributed by atoms with Crippen LogP contribution in [0.5, 0.6) is 0 Å². The zero-order valence-electron chi connectivity index (χ0n) is 11.0. The molecule has 1 amide bonds. The summed E-state index contributed by atoms with van der Waals surface area (Å²) in [5.41, 5.74) is 0.659. The first-order chi connectivity index (χ1) is 8.84. The average Bonchev–Trinajstić information content (AvgIpc) is 2.35. The fourth-order valence-electron chi connectivity index (χ4n) is 1.46. The molecule has 0 aliphatic heterocycles. The SMILES string of the molecule is CCCNC(=O)C(C)Nc1ccc(S(N)(=O)=O)cc1. The third-order valence-corrected chi connectivity index (χ3v) is 3.44. The third kappa shape index (κ3) is 4.88. The highest BCUT2D eigenvalue weighted by Crippen LogP contribution is 2.13. The van der Waals surface area contributed by atoms with Crippen molar-refractivity contribution in [1.29, 1.82) is 0 Å². The summed E-state index contributed by atoms with van der Waals surface area (Å²) in [7, 11) is -3.68. The molecule has 0 spiro atoms. The summed E-state index contributed by atoms with van der Waals surface area (Å²) in [5, 5.41) is 10.8. The van der Waals surface area contributed by atoms with Crippen molar-refractivity contribution < 1.29 is 13.2 Å². The zero-order chi connectivity index (χ0) is 14.5. The number of nitrogens with two attached hydrogens (primary N) is 1. The van der Waals surface area contributed by atoms with Crippen LogP contribution >= 0.6 is 0 Å². The molecule has 0 aliphatic rings. The molecule has 1 aromatic carbocycles. The number of carbonyl (C=O) groups excluding carboxylic acids is 1. The lowest BCUT2D eigenvalue weighted by atomic mass is 10.2. The molecule has 6 nitrogen and oxygen atoms in total. The lowest BCUT2D eigenvalue weighted by molar-refractivity contribution is -0.121. The molecule has 0 aromatic heterocycles. The number of primary sulfonamides is 1. The van der Waals surface area contributed by atoms with E-state index >= 15 is 0 Å². The van der Waals surface area contributed by atoms with Crippen molar-refractivity contribution in [3.8, 4) is 0 Å². The van der Waals surface area contributed by atoms with Crippen LogP contribution in [0.1, 0.15) is 20.3 Å². The number of hydrogen-bond donors (Lipinski definition) is 3. The highest BCUT2D eigenvalue weighted by molar-refractivity contribution is 7.89. The maximum absolute atomic E-state index is 11.6. The zero-order valence-corrected chi connectivity index (χ0v) is 11.8. The second-order valence-electron chi connectivity index (χ2n) is 4.23.